The molecule has 2 aromatic rings. The van der Waals surface area contributed by atoms with Crippen LogP contribution in [-0.2, 0) is 11.2 Å². The first-order chi connectivity index (χ1) is 11.2. The Morgan fingerprint density at radius 1 is 1.17 bits per heavy atom. The zero-order valence-corrected chi connectivity index (χ0v) is 14.0. The summed E-state index contributed by atoms with van der Waals surface area (Å²) < 4.78 is 0. The lowest BCUT2D eigenvalue weighted by molar-refractivity contribution is -0.139. The molecule has 0 fully saturated rings. The highest BCUT2D eigenvalue weighted by Crippen LogP contribution is 2.19. The van der Waals surface area contributed by atoms with Crippen LogP contribution in [0.15, 0.2) is 30.5 Å². The van der Waals surface area contributed by atoms with Crippen LogP contribution in [0, 0.1) is 0 Å². The van der Waals surface area contributed by atoms with Gasteiger partial charge < -0.3 is 15.4 Å². The minimum absolute atomic E-state index is 0.509. The molecule has 4 heteroatoms. The Morgan fingerprint density at radius 2 is 1.91 bits per heavy atom. The summed E-state index contributed by atoms with van der Waals surface area (Å²) >= 11 is 0. The molecule has 3 N–H and O–H groups in total. The monoisotopic (exact) mass is 316 g/mol. The van der Waals surface area contributed by atoms with E-state index in [1.807, 2.05) is 30.5 Å². The number of hydrogen-bond donors (Lipinski definition) is 3. The molecule has 1 unspecified atom stereocenters. The molecule has 0 aliphatic rings. The van der Waals surface area contributed by atoms with Crippen molar-refractivity contribution in [3.8, 4) is 0 Å². The summed E-state index contributed by atoms with van der Waals surface area (Å²) in [6.45, 7) is 2.98. The van der Waals surface area contributed by atoms with Crippen molar-refractivity contribution in [3.05, 3.63) is 36.0 Å². The van der Waals surface area contributed by atoms with Gasteiger partial charge >= 0.3 is 5.97 Å². The van der Waals surface area contributed by atoms with Gasteiger partial charge in [0.15, 0.2) is 0 Å². The van der Waals surface area contributed by atoms with Crippen molar-refractivity contribution in [1.29, 1.82) is 0 Å². The number of para-hydroxylation sites is 1. The minimum Gasteiger partial charge on any atom is -0.480 e. The van der Waals surface area contributed by atoms with Crippen molar-refractivity contribution in [1.82, 2.24) is 10.3 Å². The van der Waals surface area contributed by atoms with Crippen molar-refractivity contribution in [3.63, 3.8) is 0 Å². The topological polar surface area (TPSA) is 65.1 Å². The largest absolute Gasteiger partial charge is 0.480 e. The van der Waals surface area contributed by atoms with E-state index in [2.05, 4.69) is 17.2 Å². The Hall–Kier alpha value is -1.81. The molecular weight excluding hydrogens is 288 g/mol. The van der Waals surface area contributed by atoms with Gasteiger partial charge in [-0.05, 0) is 24.6 Å². The number of aliphatic carboxylic acids is 1. The van der Waals surface area contributed by atoms with Crippen molar-refractivity contribution in [2.75, 3.05) is 6.54 Å². The van der Waals surface area contributed by atoms with Crippen LogP contribution in [-0.4, -0.2) is 28.6 Å². The molecule has 2 rings (SSSR count). The van der Waals surface area contributed by atoms with Crippen LogP contribution in [0.2, 0.25) is 0 Å². The molecule has 0 radical (unpaired) electrons. The normalized spacial score (nSPS) is 12.6. The summed E-state index contributed by atoms with van der Waals surface area (Å²) in [5.41, 5.74) is 2.12. The molecule has 0 aliphatic carbocycles. The zero-order chi connectivity index (χ0) is 16.5. The number of aromatic amines is 1. The fourth-order valence-corrected chi connectivity index (χ4v) is 2.95. The smallest absolute Gasteiger partial charge is 0.321 e. The quantitative estimate of drug-likeness (QED) is 0.546. The molecule has 4 nitrogen and oxygen atoms in total. The van der Waals surface area contributed by atoms with Gasteiger partial charge in [0.25, 0.3) is 0 Å². The number of carboxylic acids is 1. The van der Waals surface area contributed by atoms with E-state index in [0.717, 1.165) is 29.4 Å². The van der Waals surface area contributed by atoms with Crippen molar-refractivity contribution >= 4 is 16.9 Å². The van der Waals surface area contributed by atoms with E-state index in [1.165, 1.54) is 32.1 Å². The van der Waals surface area contributed by atoms with E-state index < -0.39 is 12.0 Å². The zero-order valence-electron chi connectivity index (χ0n) is 14.0. The summed E-state index contributed by atoms with van der Waals surface area (Å²) in [4.78, 5) is 14.7. The molecule has 0 saturated heterocycles. The summed E-state index contributed by atoms with van der Waals surface area (Å²) in [6, 6.07) is 7.49. The van der Waals surface area contributed by atoms with Crippen molar-refractivity contribution < 1.29 is 9.90 Å². The van der Waals surface area contributed by atoms with Gasteiger partial charge in [-0.3, -0.25) is 4.79 Å². The maximum atomic E-state index is 11.5. The number of H-pyrrole nitrogens is 1. The Kier molecular flexibility index (Phi) is 7.14. The van der Waals surface area contributed by atoms with E-state index in [0.29, 0.717) is 6.42 Å². The molecule has 0 amide bonds. The lowest BCUT2D eigenvalue weighted by Crippen LogP contribution is -2.39. The third-order valence-electron chi connectivity index (χ3n) is 4.32. The number of carboxylic acid groups (broad SMARTS) is 1. The van der Waals surface area contributed by atoms with E-state index in [1.54, 1.807) is 0 Å². The average Bonchev–Trinajstić information content (AvgIpc) is 2.96. The molecule has 0 bridgehead atoms. The summed E-state index contributed by atoms with van der Waals surface area (Å²) in [7, 11) is 0. The second kappa shape index (κ2) is 9.36. The molecule has 1 atom stereocenters. The van der Waals surface area contributed by atoms with Crippen LogP contribution in [0.1, 0.15) is 51.0 Å². The predicted molar refractivity (Wildman–Crippen MR) is 94.8 cm³/mol. The highest BCUT2D eigenvalue weighted by Gasteiger charge is 2.18. The second-order valence-corrected chi connectivity index (χ2v) is 6.18. The maximum Gasteiger partial charge on any atom is 0.321 e. The van der Waals surface area contributed by atoms with Gasteiger partial charge in [-0.15, -0.1) is 0 Å². The van der Waals surface area contributed by atoms with Gasteiger partial charge in [-0.1, -0.05) is 57.2 Å². The molecule has 0 aliphatic heterocycles. The van der Waals surface area contributed by atoms with Crippen LogP contribution < -0.4 is 5.32 Å². The van der Waals surface area contributed by atoms with E-state index in [9.17, 15) is 9.90 Å². The summed E-state index contributed by atoms with van der Waals surface area (Å²) in [5, 5.41) is 13.8. The Labute approximate surface area is 138 Å². The Bertz CT molecular complexity index is 606. The van der Waals surface area contributed by atoms with Crippen LogP contribution in [0.25, 0.3) is 10.9 Å². The summed E-state index contributed by atoms with van der Waals surface area (Å²) in [6.07, 6.45) is 9.73. The van der Waals surface area contributed by atoms with Gasteiger partial charge in [0.05, 0.1) is 0 Å². The molecule has 0 spiro atoms. The SMILES string of the molecule is CCCCCCCCNC(Cc1c[nH]c2ccccc12)C(=O)O. The lowest BCUT2D eigenvalue weighted by atomic mass is 10.0. The van der Waals surface area contributed by atoms with Gasteiger partial charge in [-0.25, -0.2) is 0 Å². The molecule has 1 aromatic carbocycles. The molecule has 0 saturated carbocycles. The van der Waals surface area contributed by atoms with Gasteiger partial charge in [0.1, 0.15) is 6.04 Å². The first-order valence-electron chi connectivity index (χ1n) is 8.73. The number of nitrogens with one attached hydrogen (secondary N) is 2. The average molecular weight is 316 g/mol. The van der Waals surface area contributed by atoms with Crippen LogP contribution >= 0.6 is 0 Å². The first-order valence-corrected chi connectivity index (χ1v) is 8.73. The van der Waals surface area contributed by atoms with Crippen molar-refractivity contribution in [2.45, 2.75) is 57.9 Å². The highest BCUT2D eigenvalue weighted by molar-refractivity contribution is 5.84. The highest BCUT2D eigenvalue weighted by atomic mass is 16.4. The van der Waals surface area contributed by atoms with Gasteiger partial charge in [0, 0.05) is 23.5 Å². The van der Waals surface area contributed by atoms with E-state index >= 15 is 0 Å². The molecule has 1 heterocycles. The number of rotatable bonds is 11. The standard InChI is InChI=1S/C19H28N2O2/c1-2-3-4-5-6-9-12-20-18(19(22)23)13-15-14-21-17-11-8-7-10-16(15)17/h7-8,10-11,14,18,20-21H,2-6,9,12-13H2,1H3,(H,22,23). The number of fused-ring (bicyclic) bond motifs is 1. The molecule has 23 heavy (non-hydrogen) atoms. The molecular formula is C19H28N2O2. The molecule has 1 aromatic heterocycles. The fourth-order valence-electron chi connectivity index (χ4n) is 2.95. The Morgan fingerprint density at radius 3 is 2.70 bits per heavy atom. The number of aromatic nitrogens is 1. The third-order valence-corrected chi connectivity index (χ3v) is 4.32. The molecule has 126 valence electrons. The maximum absolute atomic E-state index is 11.5. The fraction of sp³-hybridized carbons (Fsp3) is 0.526. The van der Waals surface area contributed by atoms with Gasteiger partial charge in [-0.2, -0.15) is 0 Å². The van der Waals surface area contributed by atoms with Crippen LogP contribution in [0.5, 0.6) is 0 Å². The second-order valence-electron chi connectivity index (χ2n) is 6.18. The van der Waals surface area contributed by atoms with E-state index in [4.69, 9.17) is 0 Å². The lowest BCUT2D eigenvalue weighted by Gasteiger charge is -2.14. The van der Waals surface area contributed by atoms with E-state index in [-0.39, 0.29) is 0 Å². The first kappa shape index (κ1) is 17.5. The number of hydrogen-bond acceptors (Lipinski definition) is 2. The number of carbonyl (C=O) groups is 1. The number of benzene rings is 1. The number of unbranched alkanes of at least 4 members (excludes halogenated alkanes) is 5. The van der Waals surface area contributed by atoms with Crippen LogP contribution in [0.4, 0.5) is 0 Å². The predicted octanol–water partition coefficient (Wildman–Crippen LogP) is 4.11. The minimum atomic E-state index is -0.777. The summed E-state index contributed by atoms with van der Waals surface area (Å²) in [5.74, 6) is -0.777. The Balaban J connectivity index is 1.81. The van der Waals surface area contributed by atoms with Crippen molar-refractivity contribution in [2.24, 2.45) is 0 Å². The van der Waals surface area contributed by atoms with Crippen LogP contribution in [0.3, 0.4) is 0 Å². The van der Waals surface area contributed by atoms with Gasteiger partial charge in [0.2, 0.25) is 0 Å². The third kappa shape index (κ3) is 5.39.